The van der Waals surface area contributed by atoms with Crippen molar-refractivity contribution in [3.63, 3.8) is 0 Å². The molecule has 0 heterocycles. The average molecular weight is 263 g/mol. The average Bonchev–Trinajstić information content (AvgIpc) is 2.44. The summed E-state index contributed by atoms with van der Waals surface area (Å²) in [6, 6.07) is 9.05. The molecule has 1 unspecified atom stereocenters. The molecule has 1 aromatic carbocycles. The lowest BCUT2D eigenvalue weighted by molar-refractivity contribution is -0.126. The minimum atomic E-state index is -0.676. The van der Waals surface area contributed by atoms with Crippen LogP contribution >= 0.6 is 0 Å². The van der Waals surface area contributed by atoms with Gasteiger partial charge in [-0.25, -0.2) is 0 Å². The van der Waals surface area contributed by atoms with Crippen LogP contribution in [-0.4, -0.2) is 23.0 Å². The quantitative estimate of drug-likeness (QED) is 0.326. The molecule has 4 N–H and O–H groups in total. The first-order valence-electron chi connectivity index (χ1n) is 6.27. The zero-order valence-electron chi connectivity index (χ0n) is 11.6. The summed E-state index contributed by atoms with van der Waals surface area (Å²) < 4.78 is 0. The molecule has 0 fully saturated rings. The predicted octanol–water partition coefficient (Wildman–Crippen LogP) is 1.61. The molecule has 104 valence electrons. The van der Waals surface area contributed by atoms with Crippen molar-refractivity contribution in [2.24, 2.45) is 10.9 Å². The van der Waals surface area contributed by atoms with Crippen molar-refractivity contribution in [1.29, 1.82) is 0 Å². The van der Waals surface area contributed by atoms with E-state index in [1.807, 2.05) is 51.1 Å². The molecule has 0 bridgehead atoms. The van der Waals surface area contributed by atoms with E-state index in [0.717, 1.165) is 5.56 Å². The van der Waals surface area contributed by atoms with E-state index in [1.54, 1.807) is 0 Å². The van der Waals surface area contributed by atoms with E-state index in [4.69, 9.17) is 10.9 Å². The molecule has 0 aliphatic rings. The summed E-state index contributed by atoms with van der Waals surface area (Å²) >= 11 is 0. The van der Waals surface area contributed by atoms with Gasteiger partial charge < -0.3 is 16.3 Å². The molecule has 19 heavy (non-hydrogen) atoms. The molecule has 0 aromatic heterocycles. The Labute approximate surface area is 113 Å². The van der Waals surface area contributed by atoms with Gasteiger partial charge in [-0.1, -0.05) is 42.4 Å². The minimum absolute atomic E-state index is 0.0136. The Bertz CT molecular complexity index is 455. The van der Waals surface area contributed by atoms with Crippen molar-refractivity contribution in [1.82, 2.24) is 5.32 Å². The van der Waals surface area contributed by atoms with Crippen molar-refractivity contribution in [2.75, 3.05) is 0 Å². The van der Waals surface area contributed by atoms with Gasteiger partial charge in [0.1, 0.15) is 0 Å². The van der Waals surface area contributed by atoms with Crippen LogP contribution in [0.1, 0.15) is 32.8 Å². The summed E-state index contributed by atoms with van der Waals surface area (Å²) in [6.45, 7) is 5.55. The first-order valence-corrected chi connectivity index (χ1v) is 6.27. The van der Waals surface area contributed by atoms with Gasteiger partial charge in [-0.2, -0.15) is 0 Å². The lowest BCUT2D eigenvalue weighted by Crippen LogP contribution is -2.50. The number of hydrogen-bond acceptors (Lipinski definition) is 3. The lowest BCUT2D eigenvalue weighted by atomic mass is 9.83. The Morgan fingerprint density at radius 1 is 1.42 bits per heavy atom. The second kappa shape index (κ2) is 6.22. The smallest absolute Gasteiger partial charge is 0.230 e. The van der Waals surface area contributed by atoms with Crippen LogP contribution in [-0.2, 0) is 10.2 Å². The highest BCUT2D eigenvalue weighted by Gasteiger charge is 2.31. The minimum Gasteiger partial charge on any atom is -0.409 e. The van der Waals surface area contributed by atoms with Crippen LogP contribution in [0.2, 0.25) is 0 Å². The second-order valence-electron chi connectivity index (χ2n) is 4.95. The van der Waals surface area contributed by atoms with E-state index >= 15 is 0 Å². The molecule has 0 radical (unpaired) electrons. The molecule has 5 heteroatoms. The van der Waals surface area contributed by atoms with E-state index in [2.05, 4.69) is 10.5 Å². The highest BCUT2D eigenvalue weighted by molar-refractivity contribution is 5.93. The standard InChI is InChI=1S/C14H21N3O2/c1-4-11(12(15)17-19)16-13(18)14(2,3)10-8-6-5-7-9-10/h5-9,11,19H,4H2,1-3H3,(H2,15,17)(H,16,18). The van der Waals surface area contributed by atoms with Gasteiger partial charge in [0.05, 0.1) is 11.5 Å². The van der Waals surface area contributed by atoms with Crippen molar-refractivity contribution >= 4 is 11.7 Å². The Balaban J connectivity index is 2.88. The number of carbonyl (C=O) groups is 1. The van der Waals surface area contributed by atoms with Crippen LogP contribution in [0, 0.1) is 0 Å². The third-order valence-electron chi connectivity index (χ3n) is 3.25. The van der Waals surface area contributed by atoms with E-state index in [1.165, 1.54) is 0 Å². The maximum Gasteiger partial charge on any atom is 0.230 e. The number of amidine groups is 1. The molecule has 1 aromatic rings. The number of carbonyl (C=O) groups excluding carboxylic acids is 1. The highest BCUT2D eigenvalue weighted by atomic mass is 16.4. The number of benzene rings is 1. The van der Waals surface area contributed by atoms with Gasteiger partial charge in [0.25, 0.3) is 0 Å². The first-order chi connectivity index (χ1) is 8.93. The summed E-state index contributed by atoms with van der Waals surface area (Å²) in [4.78, 5) is 12.4. The number of rotatable bonds is 5. The highest BCUT2D eigenvalue weighted by Crippen LogP contribution is 2.23. The molecule has 0 aliphatic heterocycles. The summed E-state index contributed by atoms with van der Waals surface area (Å²) in [5.41, 5.74) is 5.79. The van der Waals surface area contributed by atoms with Crippen molar-refractivity contribution < 1.29 is 10.0 Å². The van der Waals surface area contributed by atoms with E-state index in [9.17, 15) is 4.79 Å². The van der Waals surface area contributed by atoms with Crippen LogP contribution in [0.15, 0.2) is 35.5 Å². The summed E-state index contributed by atoms with van der Waals surface area (Å²) in [5.74, 6) is -0.142. The maximum atomic E-state index is 12.4. The fourth-order valence-electron chi connectivity index (χ4n) is 1.78. The fourth-order valence-corrected chi connectivity index (χ4v) is 1.78. The molecular formula is C14H21N3O2. The molecule has 1 atom stereocenters. The summed E-state index contributed by atoms with van der Waals surface area (Å²) in [7, 11) is 0. The molecule has 5 nitrogen and oxygen atoms in total. The first kappa shape index (κ1) is 15.0. The number of oxime groups is 1. The monoisotopic (exact) mass is 263 g/mol. The molecule has 0 aliphatic carbocycles. The van der Waals surface area contributed by atoms with Gasteiger partial charge in [0.2, 0.25) is 5.91 Å². The van der Waals surface area contributed by atoms with Gasteiger partial charge in [0.15, 0.2) is 5.84 Å². The molecule has 0 saturated carbocycles. The van der Waals surface area contributed by atoms with Crippen LogP contribution in [0.5, 0.6) is 0 Å². The number of nitrogens with one attached hydrogen (secondary N) is 1. The molecule has 0 saturated heterocycles. The Hall–Kier alpha value is -2.04. The lowest BCUT2D eigenvalue weighted by Gasteiger charge is -2.27. The van der Waals surface area contributed by atoms with E-state index in [0.29, 0.717) is 6.42 Å². The van der Waals surface area contributed by atoms with E-state index < -0.39 is 11.5 Å². The maximum absolute atomic E-state index is 12.4. The number of nitrogens with two attached hydrogens (primary N) is 1. The SMILES string of the molecule is CCC(NC(=O)C(C)(C)c1ccccc1)/C(N)=N/O. The van der Waals surface area contributed by atoms with Crippen molar-refractivity contribution in [3.05, 3.63) is 35.9 Å². The Morgan fingerprint density at radius 3 is 2.47 bits per heavy atom. The number of amides is 1. The van der Waals surface area contributed by atoms with Gasteiger partial charge in [-0.3, -0.25) is 4.79 Å². The molecule has 0 spiro atoms. The third-order valence-corrected chi connectivity index (χ3v) is 3.25. The second-order valence-corrected chi connectivity index (χ2v) is 4.95. The topological polar surface area (TPSA) is 87.7 Å². The van der Waals surface area contributed by atoms with Crippen LogP contribution in [0.25, 0.3) is 0 Å². The van der Waals surface area contributed by atoms with Gasteiger partial charge in [-0.15, -0.1) is 0 Å². The van der Waals surface area contributed by atoms with Crippen molar-refractivity contribution in [3.8, 4) is 0 Å². The number of nitrogens with zero attached hydrogens (tertiary/aromatic N) is 1. The molecular weight excluding hydrogens is 242 g/mol. The predicted molar refractivity (Wildman–Crippen MR) is 75.1 cm³/mol. The largest absolute Gasteiger partial charge is 0.409 e. The Morgan fingerprint density at radius 2 is 2.00 bits per heavy atom. The zero-order valence-corrected chi connectivity index (χ0v) is 11.6. The third kappa shape index (κ3) is 3.47. The van der Waals surface area contributed by atoms with Crippen LogP contribution in [0.4, 0.5) is 0 Å². The molecule has 1 rings (SSSR count). The van der Waals surface area contributed by atoms with Crippen LogP contribution < -0.4 is 11.1 Å². The van der Waals surface area contributed by atoms with Gasteiger partial charge in [-0.05, 0) is 25.8 Å². The fraction of sp³-hybridized carbons (Fsp3) is 0.429. The normalized spacial score (nSPS) is 13.9. The van der Waals surface area contributed by atoms with Gasteiger partial charge >= 0.3 is 0 Å². The van der Waals surface area contributed by atoms with E-state index in [-0.39, 0.29) is 11.7 Å². The number of hydrogen-bond donors (Lipinski definition) is 3. The summed E-state index contributed by atoms with van der Waals surface area (Å²) in [6.07, 6.45) is 0.562. The summed E-state index contributed by atoms with van der Waals surface area (Å²) in [5, 5.41) is 14.4. The van der Waals surface area contributed by atoms with Crippen molar-refractivity contribution in [2.45, 2.75) is 38.6 Å². The zero-order chi connectivity index (χ0) is 14.5. The molecule has 1 amide bonds. The Kier molecular flexibility index (Phi) is 4.92. The van der Waals surface area contributed by atoms with Gasteiger partial charge in [0, 0.05) is 0 Å². The van der Waals surface area contributed by atoms with Crippen LogP contribution in [0.3, 0.4) is 0 Å².